The lowest BCUT2D eigenvalue weighted by atomic mass is 9.70. The van der Waals surface area contributed by atoms with Crippen LogP contribution < -0.4 is 4.90 Å². The fraction of sp³-hybridized carbons (Fsp3) is 0.0169. The van der Waals surface area contributed by atoms with Crippen molar-refractivity contribution in [2.45, 2.75) is 5.41 Å². The predicted octanol–water partition coefficient (Wildman–Crippen LogP) is 16.4. The summed E-state index contributed by atoms with van der Waals surface area (Å²) in [5.41, 5.74) is 18.4. The van der Waals surface area contributed by atoms with Crippen LogP contribution in [0.3, 0.4) is 0 Å². The first-order valence-electron chi connectivity index (χ1n) is 21.1. The topological polar surface area (TPSA) is 3.24 Å². The summed E-state index contributed by atoms with van der Waals surface area (Å²) in [4.78, 5) is 2.44. The third-order valence-electron chi connectivity index (χ3n) is 13.3. The van der Waals surface area contributed by atoms with Gasteiger partial charge < -0.3 is 4.90 Å². The average molecular weight is 792 g/mol. The summed E-state index contributed by atoms with van der Waals surface area (Å²) < 4.78 is 2.65. The van der Waals surface area contributed by atoms with Crippen LogP contribution in [0.2, 0.25) is 0 Å². The number of anilines is 3. The summed E-state index contributed by atoms with van der Waals surface area (Å²) in [6, 6.07) is 83.4. The molecule has 0 saturated carbocycles. The van der Waals surface area contributed by atoms with Crippen LogP contribution in [0, 0.1) is 0 Å². The van der Waals surface area contributed by atoms with E-state index in [1.165, 1.54) is 97.7 Å². The van der Waals surface area contributed by atoms with Gasteiger partial charge in [-0.3, -0.25) is 0 Å². The van der Waals surface area contributed by atoms with Crippen LogP contribution in [-0.2, 0) is 5.41 Å². The van der Waals surface area contributed by atoms with E-state index in [-0.39, 0.29) is 0 Å². The summed E-state index contributed by atoms with van der Waals surface area (Å²) in [6.45, 7) is 0. The monoisotopic (exact) mass is 791 g/mol. The number of thiophene rings is 1. The van der Waals surface area contributed by atoms with Gasteiger partial charge in [0.1, 0.15) is 0 Å². The van der Waals surface area contributed by atoms with Crippen molar-refractivity contribution in [3.8, 4) is 44.5 Å². The zero-order valence-electron chi connectivity index (χ0n) is 33.2. The number of hydrogen-bond donors (Lipinski definition) is 0. The highest BCUT2D eigenvalue weighted by Crippen LogP contribution is 2.63. The first kappa shape index (κ1) is 34.4. The smallest absolute Gasteiger partial charge is 0.0726 e. The molecule has 0 radical (unpaired) electrons. The molecule has 0 unspecified atom stereocenters. The lowest BCUT2D eigenvalue weighted by Crippen LogP contribution is -2.26. The van der Waals surface area contributed by atoms with Crippen LogP contribution in [0.25, 0.3) is 75.5 Å². The number of hydrogen-bond acceptors (Lipinski definition) is 2. The Morgan fingerprint density at radius 2 is 0.836 bits per heavy atom. The molecule has 0 aliphatic heterocycles. The number of fused-ring (bicyclic) bond motifs is 15. The molecule has 2 aliphatic carbocycles. The zero-order valence-corrected chi connectivity index (χ0v) is 34.0. The van der Waals surface area contributed by atoms with Crippen molar-refractivity contribution in [1.82, 2.24) is 0 Å². The van der Waals surface area contributed by atoms with Gasteiger partial charge in [0.05, 0.1) is 5.41 Å². The minimum atomic E-state index is -0.423. The van der Waals surface area contributed by atoms with Crippen LogP contribution in [0.5, 0.6) is 0 Å². The van der Waals surface area contributed by atoms with E-state index in [0.717, 1.165) is 17.1 Å². The maximum atomic E-state index is 2.48. The van der Waals surface area contributed by atoms with E-state index < -0.39 is 5.41 Å². The molecule has 61 heavy (non-hydrogen) atoms. The highest BCUT2D eigenvalue weighted by molar-refractivity contribution is 7.26. The molecule has 13 rings (SSSR count). The van der Waals surface area contributed by atoms with Crippen molar-refractivity contribution in [1.29, 1.82) is 0 Å². The van der Waals surface area contributed by atoms with Gasteiger partial charge in [0.2, 0.25) is 0 Å². The van der Waals surface area contributed by atoms with Crippen molar-refractivity contribution in [3.05, 3.63) is 247 Å². The molecule has 0 atom stereocenters. The maximum Gasteiger partial charge on any atom is 0.0726 e. The Kier molecular flexibility index (Phi) is 7.46. The van der Waals surface area contributed by atoms with E-state index in [1.807, 2.05) is 11.3 Å². The fourth-order valence-corrected chi connectivity index (χ4v) is 11.8. The Labute approximate surface area is 359 Å². The van der Waals surface area contributed by atoms with Gasteiger partial charge in [0, 0.05) is 37.2 Å². The van der Waals surface area contributed by atoms with E-state index in [0.29, 0.717) is 0 Å². The first-order valence-corrected chi connectivity index (χ1v) is 21.9. The van der Waals surface area contributed by atoms with Gasteiger partial charge in [-0.25, -0.2) is 0 Å². The Balaban J connectivity index is 1.01. The van der Waals surface area contributed by atoms with E-state index in [4.69, 9.17) is 0 Å². The molecule has 0 saturated heterocycles. The third kappa shape index (κ3) is 4.94. The molecule has 1 aromatic heterocycles. The summed E-state index contributed by atoms with van der Waals surface area (Å²) in [5.74, 6) is 0. The summed E-state index contributed by atoms with van der Waals surface area (Å²) in [6.07, 6.45) is 0. The van der Waals surface area contributed by atoms with Gasteiger partial charge in [0.15, 0.2) is 0 Å². The van der Waals surface area contributed by atoms with Gasteiger partial charge in [0.25, 0.3) is 0 Å². The molecule has 0 bridgehead atoms. The molecular weight excluding hydrogens is 755 g/mol. The molecule has 0 fully saturated rings. The lowest BCUT2D eigenvalue weighted by Gasteiger charge is -2.32. The van der Waals surface area contributed by atoms with Crippen LogP contribution in [0.4, 0.5) is 17.1 Å². The standard InChI is InChI=1S/C59H37NS/c1-2-13-38(14-3-1)39-25-30-42(31-26-39)60(43-32-27-40(28-33-43)45-20-12-15-41-29-36-56-58(57(41)45)50-19-7-11-24-55(50)61-56)44-34-35-49-48-18-6-10-23-53(48)59(54(49)37-44)51-21-8-4-16-46(51)47-17-5-9-22-52(47)59/h1-37H. The van der Waals surface area contributed by atoms with Gasteiger partial charge in [-0.15, -0.1) is 11.3 Å². The van der Waals surface area contributed by atoms with E-state index in [2.05, 4.69) is 229 Å². The number of benzene rings is 10. The summed E-state index contributed by atoms with van der Waals surface area (Å²) >= 11 is 1.88. The van der Waals surface area contributed by atoms with Crippen molar-refractivity contribution >= 4 is 59.3 Å². The van der Waals surface area contributed by atoms with Crippen molar-refractivity contribution in [2.24, 2.45) is 0 Å². The first-order chi connectivity index (χ1) is 30.3. The predicted molar refractivity (Wildman–Crippen MR) is 259 cm³/mol. The zero-order chi connectivity index (χ0) is 40.1. The normalized spacial score (nSPS) is 13.0. The second kappa shape index (κ2) is 13.2. The summed E-state index contributed by atoms with van der Waals surface area (Å²) in [5, 5.41) is 5.26. The molecule has 284 valence electrons. The molecule has 11 aromatic rings. The number of rotatable bonds is 5. The fourth-order valence-electron chi connectivity index (χ4n) is 10.7. The molecule has 0 amide bonds. The van der Waals surface area contributed by atoms with Crippen LogP contribution in [0.1, 0.15) is 22.3 Å². The Bertz CT molecular complexity index is 3460. The molecule has 1 nitrogen and oxygen atoms in total. The third-order valence-corrected chi connectivity index (χ3v) is 14.4. The number of nitrogens with zero attached hydrogens (tertiary/aromatic N) is 1. The van der Waals surface area contributed by atoms with Gasteiger partial charge in [-0.1, -0.05) is 176 Å². The molecule has 1 heterocycles. The second-order valence-electron chi connectivity index (χ2n) is 16.4. The molecule has 0 N–H and O–H groups in total. The van der Waals surface area contributed by atoms with Crippen molar-refractivity contribution in [2.75, 3.05) is 4.90 Å². The quantitative estimate of drug-likeness (QED) is 0.168. The molecule has 1 spiro atoms. The Morgan fingerprint density at radius 3 is 1.51 bits per heavy atom. The minimum Gasteiger partial charge on any atom is -0.310 e. The van der Waals surface area contributed by atoms with Gasteiger partial charge in [-0.2, -0.15) is 0 Å². The van der Waals surface area contributed by atoms with E-state index in [1.54, 1.807) is 0 Å². The molecule has 10 aromatic carbocycles. The molecule has 2 heteroatoms. The van der Waals surface area contributed by atoms with Crippen LogP contribution >= 0.6 is 11.3 Å². The van der Waals surface area contributed by atoms with Crippen LogP contribution in [-0.4, -0.2) is 0 Å². The van der Waals surface area contributed by atoms with Crippen molar-refractivity contribution in [3.63, 3.8) is 0 Å². The van der Waals surface area contributed by atoms with Gasteiger partial charge >= 0.3 is 0 Å². The molecular formula is C59H37NS. The Morgan fingerprint density at radius 1 is 0.311 bits per heavy atom. The Hall–Kier alpha value is -7.52. The minimum absolute atomic E-state index is 0.423. The van der Waals surface area contributed by atoms with Crippen molar-refractivity contribution < 1.29 is 0 Å². The highest BCUT2D eigenvalue weighted by atomic mass is 32.1. The van der Waals surface area contributed by atoms with E-state index >= 15 is 0 Å². The van der Waals surface area contributed by atoms with Crippen LogP contribution in [0.15, 0.2) is 224 Å². The lowest BCUT2D eigenvalue weighted by molar-refractivity contribution is 0.793. The average Bonchev–Trinajstić information content (AvgIpc) is 3.96. The summed E-state index contributed by atoms with van der Waals surface area (Å²) in [7, 11) is 0. The molecule has 2 aliphatic rings. The van der Waals surface area contributed by atoms with Gasteiger partial charge in [-0.05, 0) is 126 Å². The largest absolute Gasteiger partial charge is 0.310 e. The van der Waals surface area contributed by atoms with E-state index in [9.17, 15) is 0 Å². The highest BCUT2D eigenvalue weighted by Gasteiger charge is 2.51. The second-order valence-corrected chi connectivity index (χ2v) is 17.4. The SMILES string of the molecule is c1ccc(-c2ccc(N(c3ccc(-c4cccc5ccc6sc7ccccc7c6c45)cc3)c3ccc4c(c3)C3(c5ccccc5-c5ccccc53)c3ccccc3-4)cc2)cc1. The maximum absolute atomic E-state index is 2.48.